The molecule has 0 bridgehead atoms. The number of benzene rings is 3. The first kappa shape index (κ1) is 17.3. The zero-order valence-corrected chi connectivity index (χ0v) is 15.4. The van der Waals surface area contributed by atoms with Gasteiger partial charge in [0.05, 0.1) is 12.8 Å². The molecule has 0 aliphatic heterocycles. The van der Waals surface area contributed by atoms with Gasteiger partial charge in [-0.25, -0.2) is 9.78 Å². The van der Waals surface area contributed by atoms with Crippen LogP contribution in [0.2, 0.25) is 5.02 Å². The van der Waals surface area contributed by atoms with E-state index in [-0.39, 0.29) is 5.69 Å². The van der Waals surface area contributed by atoms with E-state index in [2.05, 4.69) is 0 Å². The average Bonchev–Trinajstić information content (AvgIpc) is 2.73. The highest BCUT2D eigenvalue weighted by atomic mass is 35.5. The van der Waals surface area contributed by atoms with Crippen molar-refractivity contribution in [3.63, 3.8) is 0 Å². The Morgan fingerprint density at radius 3 is 2.19 bits per heavy atom. The molecule has 0 amide bonds. The van der Waals surface area contributed by atoms with Crippen LogP contribution in [0.4, 0.5) is 0 Å². The maximum Gasteiger partial charge on any atom is 0.357 e. The van der Waals surface area contributed by atoms with Crippen molar-refractivity contribution in [2.24, 2.45) is 0 Å². The molecular formula is C23H16ClNO2. The van der Waals surface area contributed by atoms with Crippen molar-refractivity contribution in [1.82, 2.24) is 4.98 Å². The molecule has 132 valence electrons. The van der Waals surface area contributed by atoms with Crippen LogP contribution in [-0.2, 0) is 4.74 Å². The zero-order valence-electron chi connectivity index (χ0n) is 14.6. The molecule has 0 fully saturated rings. The van der Waals surface area contributed by atoms with E-state index in [0.717, 1.165) is 27.5 Å². The van der Waals surface area contributed by atoms with Gasteiger partial charge >= 0.3 is 5.97 Å². The lowest BCUT2D eigenvalue weighted by Gasteiger charge is -2.15. The molecule has 0 saturated carbocycles. The summed E-state index contributed by atoms with van der Waals surface area (Å²) in [6.07, 6.45) is 0. The van der Waals surface area contributed by atoms with Crippen molar-refractivity contribution in [2.45, 2.75) is 0 Å². The Balaban J connectivity index is 2.15. The Bertz CT molecular complexity index is 1140. The third-order valence-electron chi connectivity index (χ3n) is 4.48. The third kappa shape index (κ3) is 3.07. The molecular weight excluding hydrogens is 358 g/mol. The highest BCUT2D eigenvalue weighted by molar-refractivity contribution is 6.33. The Hall–Kier alpha value is -3.17. The Labute approximate surface area is 162 Å². The second-order valence-corrected chi connectivity index (χ2v) is 6.47. The maximum atomic E-state index is 12.6. The second-order valence-electron chi connectivity index (χ2n) is 6.07. The minimum atomic E-state index is -0.479. The van der Waals surface area contributed by atoms with E-state index in [9.17, 15) is 4.79 Å². The van der Waals surface area contributed by atoms with Gasteiger partial charge in [0.25, 0.3) is 0 Å². The molecule has 1 aromatic heterocycles. The number of aromatic nitrogens is 1. The summed E-state index contributed by atoms with van der Waals surface area (Å²) in [6, 6.07) is 25.1. The molecule has 0 N–H and O–H groups in total. The molecule has 4 heteroatoms. The van der Waals surface area contributed by atoms with Gasteiger partial charge in [-0.1, -0.05) is 84.4 Å². The standard InChI is InChI=1S/C23H16ClNO2/c1-27-23(26)22-20(15-9-3-2-4-10-15)16-11-5-6-12-17(16)21(25-22)18-13-7-8-14-19(18)24/h2-14H,1H3. The lowest BCUT2D eigenvalue weighted by Crippen LogP contribution is -2.08. The monoisotopic (exact) mass is 373 g/mol. The first-order valence-electron chi connectivity index (χ1n) is 8.52. The van der Waals surface area contributed by atoms with Crippen LogP contribution in [0.25, 0.3) is 33.2 Å². The molecule has 3 nitrogen and oxygen atoms in total. The number of halogens is 1. The van der Waals surface area contributed by atoms with Crippen molar-refractivity contribution < 1.29 is 9.53 Å². The van der Waals surface area contributed by atoms with Crippen LogP contribution in [0.1, 0.15) is 10.5 Å². The van der Waals surface area contributed by atoms with E-state index in [0.29, 0.717) is 10.7 Å². The molecule has 0 saturated heterocycles. The number of hydrogen-bond donors (Lipinski definition) is 0. The van der Waals surface area contributed by atoms with E-state index >= 15 is 0 Å². The predicted molar refractivity (Wildman–Crippen MR) is 109 cm³/mol. The van der Waals surface area contributed by atoms with Gasteiger partial charge in [0, 0.05) is 21.5 Å². The smallest absolute Gasteiger partial charge is 0.357 e. The summed E-state index contributed by atoms with van der Waals surface area (Å²) in [4.78, 5) is 17.3. The van der Waals surface area contributed by atoms with E-state index in [1.165, 1.54) is 7.11 Å². The van der Waals surface area contributed by atoms with Gasteiger partial charge in [0.15, 0.2) is 5.69 Å². The van der Waals surface area contributed by atoms with Gasteiger partial charge in [-0.05, 0) is 17.0 Å². The summed E-state index contributed by atoms with van der Waals surface area (Å²) in [6.45, 7) is 0. The molecule has 27 heavy (non-hydrogen) atoms. The van der Waals surface area contributed by atoms with Crippen molar-refractivity contribution >= 4 is 28.3 Å². The van der Waals surface area contributed by atoms with Gasteiger partial charge in [-0.2, -0.15) is 0 Å². The lowest BCUT2D eigenvalue weighted by molar-refractivity contribution is 0.0595. The van der Waals surface area contributed by atoms with Crippen LogP contribution < -0.4 is 0 Å². The predicted octanol–water partition coefficient (Wildman–Crippen LogP) is 6.01. The number of esters is 1. The number of fused-ring (bicyclic) bond motifs is 1. The van der Waals surface area contributed by atoms with Gasteiger partial charge in [-0.15, -0.1) is 0 Å². The number of hydrogen-bond acceptors (Lipinski definition) is 3. The molecule has 0 aliphatic rings. The van der Waals surface area contributed by atoms with Gasteiger partial charge in [0.1, 0.15) is 0 Å². The molecule has 1 heterocycles. The largest absolute Gasteiger partial charge is 0.464 e. The fourth-order valence-electron chi connectivity index (χ4n) is 3.26. The van der Waals surface area contributed by atoms with Crippen LogP contribution in [0.15, 0.2) is 78.9 Å². The molecule has 0 spiro atoms. The number of methoxy groups -OCH3 is 1. The zero-order chi connectivity index (χ0) is 18.8. The molecule has 0 unspecified atom stereocenters. The molecule has 0 aliphatic carbocycles. The first-order valence-corrected chi connectivity index (χ1v) is 8.90. The summed E-state index contributed by atoms with van der Waals surface area (Å²) in [5, 5.41) is 2.43. The Morgan fingerprint density at radius 2 is 1.48 bits per heavy atom. The Kier molecular flexibility index (Phi) is 4.61. The van der Waals surface area contributed by atoms with Gasteiger partial charge in [-0.3, -0.25) is 0 Å². The van der Waals surface area contributed by atoms with Crippen molar-refractivity contribution in [3.8, 4) is 22.4 Å². The summed E-state index contributed by atoms with van der Waals surface area (Å²) in [5.74, 6) is -0.479. The average molecular weight is 374 g/mol. The molecule has 0 radical (unpaired) electrons. The molecule has 0 atom stereocenters. The minimum Gasteiger partial charge on any atom is -0.464 e. The van der Waals surface area contributed by atoms with Crippen LogP contribution in [-0.4, -0.2) is 18.1 Å². The SMILES string of the molecule is COC(=O)c1nc(-c2ccccc2Cl)c2ccccc2c1-c1ccccc1. The lowest BCUT2D eigenvalue weighted by atomic mass is 9.94. The number of pyridine rings is 1. The highest BCUT2D eigenvalue weighted by Gasteiger charge is 2.22. The molecule has 3 aromatic carbocycles. The number of rotatable bonds is 3. The summed E-state index contributed by atoms with van der Waals surface area (Å²) < 4.78 is 5.03. The number of nitrogens with zero attached hydrogens (tertiary/aromatic N) is 1. The van der Waals surface area contributed by atoms with Gasteiger partial charge < -0.3 is 4.74 Å². The number of carbonyl (C=O) groups is 1. The van der Waals surface area contributed by atoms with Crippen molar-refractivity contribution in [3.05, 3.63) is 89.6 Å². The van der Waals surface area contributed by atoms with Gasteiger partial charge in [0.2, 0.25) is 0 Å². The van der Waals surface area contributed by atoms with Crippen LogP contribution >= 0.6 is 11.6 Å². The van der Waals surface area contributed by atoms with Crippen molar-refractivity contribution in [2.75, 3.05) is 7.11 Å². The molecule has 4 aromatic rings. The summed E-state index contributed by atoms with van der Waals surface area (Å²) >= 11 is 6.43. The highest BCUT2D eigenvalue weighted by Crippen LogP contribution is 2.38. The molecule has 4 rings (SSSR count). The fourth-order valence-corrected chi connectivity index (χ4v) is 3.49. The number of carbonyl (C=O) groups excluding carboxylic acids is 1. The van der Waals surface area contributed by atoms with E-state index in [1.807, 2.05) is 78.9 Å². The second kappa shape index (κ2) is 7.22. The first-order chi connectivity index (χ1) is 13.2. The quantitative estimate of drug-likeness (QED) is 0.413. The van der Waals surface area contributed by atoms with Crippen LogP contribution in [0, 0.1) is 0 Å². The summed E-state index contributed by atoms with van der Waals surface area (Å²) in [5.41, 5.74) is 3.38. The van der Waals surface area contributed by atoms with E-state index < -0.39 is 5.97 Å². The maximum absolute atomic E-state index is 12.6. The van der Waals surface area contributed by atoms with E-state index in [4.69, 9.17) is 21.3 Å². The normalized spacial score (nSPS) is 10.7. The van der Waals surface area contributed by atoms with Crippen LogP contribution in [0.5, 0.6) is 0 Å². The van der Waals surface area contributed by atoms with Crippen molar-refractivity contribution in [1.29, 1.82) is 0 Å². The topological polar surface area (TPSA) is 39.2 Å². The van der Waals surface area contributed by atoms with E-state index in [1.54, 1.807) is 0 Å². The van der Waals surface area contributed by atoms with Crippen LogP contribution in [0.3, 0.4) is 0 Å². The Morgan fingerprint density at radius 1 is 0.852 bits per heavy atom. The third-order valence-corrected chi connectivity index (χ3v) is 4.81. The number of ether oxygens (including phenoxy) is 1. The minimum absolute atomic E-state index is 0.275. The summed E-state index contributed by atoms with van der Waals surface area (Å²) in [7, 11) is 1.36. The fraction of sp³-hybridized carbons (Fsp3) is 0.0435.